The highest BCUT2D eigenvalue weighted by Crippen LogP contribution is 2.24. The van der Waals surface area contributed by atoms with E-state index in [0.29, 0.717) is 17.2 Å². The van der Waals surface area contributed by atoms with Crippen molar-refractivity contribution in [3.05, 3.63) is 41.7 Å². The van der Waals surface area contributed by atoms with Crippen molar-refractivity contribution in [1.82, 2.24) is 19.5 Å². The Kier molecular flexibility index (Phi) is 4.00. The predicted octanol–water partition coefficient (Wildman–Crippen LogP) is 2.55. The zero-order valence-electron chi connectivity index (χ0n) is 13.0. The Morgan fingerprint density at radius 3 is 2.62 bits per heavy atom. The number of hydrogen-bond donors (Lipinski definition) is 2. The van der Waals surface area contributed by atoms with Gasteiger partial charge in [0.1, 0.15) is 23.2 Å². The molecule has 0 atom stereocenters. The topological polar surface area (TPSA) is 81.7 Å². The summed E-state index contributed by atoms with van der Waals surface area (Å²) in [5.74, 6) is 6.78. The van der Waals surface area contributed by atoms with Crippen molar-refractivity contribution in [3.8, 4) is 11.8 Å². The van der Waals surface area contributed by atoms with E-state index >= 15 is 0 Å². The highest BCUT2D eigenvalue weighted by Gasteiger charge is 2.13. The van der Waals surface area contributed by atoms with E-state index in [1.54, 1.807) is 25.5 Å². The average molecular weight is 328 g/mol. The minimum absolute atomic E-state index is 0.135. The lowest BCUT2D eigenvalue weighted by Gasteiger charge is -2.07. The van der Waals surface area contributed by atoms with Crippen LogP contribution in [0.5, 0.6) is 0 Å². The second-order valence-corrected chi connectivity index (χ2v) is 5.01. The van der Waals surface area contributed by atoms with Gasteiger partial charge in [0, 0.05) is 30.2 Å². The third kappa shape index (κ3) is 2.72. The van der Waals surface area contributed by atoms with Gasteiger partial charge in [-0.1, -0.05) is 5.92 Å². The van der Waals surface area contributed by atoms with Gasteiger partial charge >= 0.3 is 6.55 Å². The summed E-state index contributed by atoms with van der Waals surface area (Å²) in [5.41, 5.74) is 6.45. The van der Waals surface area contributed by atoms with Crippen molar-refractivity contribution in [2.75, 3.05) is 18.1 Å². The van der Waals surface area contributed by atoms with Gasteiger partial charge in [-0.05, 0) is 18.9 Å². The fourth-order valence-electron chi connectivity index (χ4n) is 2.37. The Bertz CT molecular complexity index is 968. The molecule has 0 aliphatic carbocycles. The maximum Gasteiger partial charge on any atom is 0.320 e. The molecule has 0 aliphatic heterocycles. The lowest BCUT2D eigenvalue weighted by Crippen LogP contribution is -2.03. The molecule has 3 N–H and O–H groups in total. The first-order chi connectivity index (χ1) is 11.5. The molecule has 0 aromatic carbocycles. The standard InChI is InChI=1S/C16H14F2N6/c1-9-21-7-11(24(9)16(17)18)4-3-10-6-23-15(20-2)13-8-22-14(19)5-12(10)13/h5-8,16H,1-2H3,(H2,19,22)(H,20,23). The summed E-state index contributed by atoms with van der Waals surface area (Å²) < 4.78 is 26.9. The van der Waals surface area contributed by atoms with Gasteiger partial charge in [0.15, 0.2) is 0 Å². The number of aromatic nitrogens is 4. The summed E-state index contributed by atoms with van der Waals surface area (Å²) in [6.07, 6.45) is 4.49. The molecule has 3 rings (SSSR count). The number of nitrogens with zero attached hydrogens (tertiary/aromatic N) is 4. The quantitative estimate of drug-likeness (QED) is 0.707. The Hall–Kier alpha value is -3.21. The maximum absolute atomic E-state index is 13.1. The fourth-order valence-corrected chi connectivity index (χ4v) is 2.37. The second-order valence-electron chi connectivity index (χ2n) is 5.01. The summed E-state index contributed by atoms with van der Waals surface area (Å²) in [5, 5.41) is 4.46. The van der Waals surface area contributed by atoms with E-state index in [0.717, 1.165) is 15.3 Å². The number of aryl methyl sites for hydroxylation is 1. The normalized spacial score (nSPS) is 10.7. The first-order valence-corrected chi connectivity index (χ1v) is 7.07. The number of alkyl halides is 2. The Balaban J connectivity index is 2.14. The molecule has 0 amide bonds. The molecule has 8 heteroatoms. The molecule has 0 spiro atoms. The lowest BCUT2D eigenvalue weighted by atomic mass is 10.1. The molecule has 0 saturated heterocycles. The molecule has 0 radical (unpaired) electrons. The van der Waals surface area contributed by atoms with Crippen LogP contribution in [0.25, 0.3) is 10.8 Å². The van der Waals surface area contributed by atoms with Crippen molar-refractivity contribution in [2.45, 2.75) is 13.5 Å². The molecule has 6 nitrogen and oxygen atoms in total. The number of rotatable bonds is 2. The van der Waals surface area contributed by atoms with Crippen LogP contribution in [0.1, 0.15) is 23.6 Å². The first kappa shape index (κ1) is 15.7. The van der Waals surface area contributed by atoms with E-state index in [1.807, 2.05) is 0 Å². The van der Waals surface area contributed by atoms with Gasteiger partial charge in [-0.25, -0.2) is 15.0 Å². The van der Waals surface area contributed by atoms with Gasteiger partial charge in [0.2, 0.25) is 0 Å². The number of imidazole rings is 1. The van der Waals surface area contributed by atoms with E-state index in [9.17, 15) is 8.78 Å². The van der Waals surface area contributed by atoms with Gasteiger partial charge in [-0.15, -0.1) is 0 Å². The van der Waals surface area contributed by atoms with Crippen LogP contribution in [0, 0.1) is 18.8 Å². The van der Waals surface area contributed by atoms with Crippen molar-refractivity contribution in [1.29, 1.82) is 0 Å². The molecule has 24 heavy (non-hydrogen) atoms. The smallest absolute Gasteiger partial charge is 0.320 e. The number of nitrogens with two attached hydrogens (primary N) is 1. The molecule has 0 fully saturated rings. The van der Waals surface area contributed by atoms with Crippen molar-refractivity contribution < 1.29 is 8.78 Å². The molecule has 0 bridgehead atoms. The summed E-state index contributed by atoms with van der Waals surface area (Å²) in [6, 6.07) is 1.68. The largest absolute Gasteiger partial charge is 0.384 e. The van der Waals surface area contributed by atoms with Gasteiger partial charge in [-0.2, -0.15) is 8.78 Å². The molecule has 3 heterocycles. The van der Waals surface area contributed by atoms with Crippen LogP contribution >= 0.6 is 0 Å². The van der Waals surface area contributed by atoms with E-state index in [4.69, 9.17) is 5.73 Å². The molecule has 3 aromatic heterocycles. The van der Waals surface area contributed by atoms with Crippen LogP contribution in [0.15, 0.2) is 24.7 Å². The van der Waals surface area contributed by atoms with Gasteiger partial charge in [0.05, 0.1) is 11.8 Å². The molecule has 0 unspecified atom stereocenters. The second kappa shape index (κ2) is 6.12. The Labute approximate surface area is 136 Å². The third-order valence-corrected chi connectivity index (χ3v) is 3.53. The molecular weight excluding hydrogens is 314 g/mol. The third-order valence-electron chi connectivity index (χ3n) is 3.53. The minimum atomic E-state index is -2.70. The monoisotopic (exact) mass is 328 g/mol. The summed E-state index contributed by atoms with van der Waals surface area (Å²) in [4.78, 5) is 12.2. The van der Waals surface area contributed by atoms with E-state index in [2.05, 4.69) is 32.1 Å². The number of anilines is 2. The number of hydrogen-bond acceptors (Lipinski definition) is 5. The van der Waals surface area contributed by atoms with Crippen LogP contribution in [-0.2, 0) is 0 Å². The van der Waals surface area contributed by atoms with Crippen LogP contribution in [0.4, 0.5) is 20.4 Å². The minimum Gasteiger partial charge on any atom is -0.384 e. The summed E-state index contributed by atoms with van der Waals surface area (Å²) >= 11 is 0. The predicted molar refractivity (Wildman–Crippen MR) is 87.7 cm³/mol. The van der Waals surface area contributed by atoms with E-state index < -0.39 is 6.55 Å². The zero-order valence-corrected chi connectivity index (χ0v) is 13.0. The average Bonchev–Trinajstić information content (AvgIpc) is 2.93. The highest BCUT2D eigenvalue weighted by molar-refractivity contribution is 5.96. The fraction of sp³-hybridized carbons (Fsp3) is 0.188. The van der Waals surface area contributed by atoms with Crippen LogP contribution < -0.4 is 11.1 Å². The van der Waals surface area contributed by atoms with Gasteiger partial charge < -0.3 is 11.1 Å². The van der Waals surface area contributed by atoms with E-state index in [1.165, 1.54) is 13.1 Å². The number of pyridine rings is 2. The number of fused-ring (bicyclic) bond motifs is 1. The SMILES string of the molecule is CNc1ncc(C#Cc2cnc(C)n2C(F)F)c2cc(N)ncc12. The number of nitrogen functional groups attached to an aromatic ring is 1. The number of nitrogens with one attached hydrogen (secondary N) is 1. The Morgan fingerprint density at radius 1 is 1.12 bits per heavy atom. The highest BCUT2D eigenvalue weighted by atomic mass is 19.3. The van der Waals surface area contributed by atoms with Crippen LogP contribution in [0.2, 0.25) is 0 Å². The maximum atomic E-state index is 13.1. The first-order valence-electron chi connectivity index (χ1n) is 7.07. The molecule has 3 aromatic rings. The molecule has 122 valence electrons. The van der Waals surface area contributed by atoms with Crippen molar-refractivity contribution in [2.24, 2.45) is 0 Å². The van der Waals surface area contributed by atoms with Crippen molar-refractivity contribution in [3.63, 3.8) is 0 Å². The van der Waals surface area contributed by atoms with E-state index in [-0.39, 0.29) is 11.5 Å². The molecule has 0 saturated carbocycles. The summed E-state index contributed by atoms with van der Waals surface area (Å²) in [7, 11) is 1.74. The lowest BCUT2D eigenvalue weighted by molar-refractivity contribution is 0.0672. The molecular formula is C16H14F2N6. The van der Waals surface area contributed by atoms with Gasteiger partial charge in [0.25, 0.3) is 0 Å². The summed E-state index contributed by atoms with van der Waals surface area (Å²) in [6.45, 7) is -1.19. The molecule has 0 aliphatic rings. The Morgan fingerprint density at radius 2 is 1.92 bits per heavy atom. The number of halogens is 2. The van der Waals surface area contributed by atoms with Gasteiger partial charge in [-0.3, -0.25) is 4.57 Å². The zero-order chi connectivity index (χ0) is 17.3. The van der Waals surface area contributed by atoms with Crippen LogP contribution in [0.3, 0.4) is 0 Å². The van der Waals surface area contributed by atoms with Crippen molar-refractivity contribution >= 4 is 22.4 Å². The van der Waals surface area contributed by atoms with Crippen LogP contribution in [-0.4, -0.2) is 26.6 Å².